The number of hydrogen-bond donors (Lipinski definition) is 1. The smallest absolute Gasteiger partial charge is 0.124 e. The monoisotopic (exact) mass is 198 g/mol. The summed E-state index contributed by atoms with van der Waals surface area (Å²) in [5.41, 5.74) is 4.76. The molecule has 1 atom stereocenters. The van der Waals surface area contributed by atoms with E-state index in [0.29, 0.717) is 6.61 Å². The number of rotatable bonds is 8. The summed E-state index contributed by atoms with van der Waals surface area (Å²) >= 11 is 0. The molecule has 0 aliphatic carbocycles. The zero-order valence-electron chi connectivity index (χ0n) is 9.38. The van der Waals surface area contributed by atoms with Gasteiger partial charge < -0.3 is 10.5 Å². The van der Waals surface area contributed by atoms with Gasteiger partial charge >= 0.3 is 0 Å². The van der Waals surface area contributed by atoms with Crippen LogP contribution in [0.25, 0.3) is 0 Å². The van der Waals surface area contributed by atoms with Crippen LogP contribution in [-0.4, -0.2) is 18.8 Å². The molecule has 0 heterocycles. The first kappa shape index (κ1) is 13.4. The Morgan fingerprint density at radius 3 is 2.50 bits per heavy atom. The normalized spacial score (nSPS) is 14.7. The van der Waals surface area contributed by atoms with Crippen molar-refractivity contribution in [2.24, 2.45) is 5.73 Å². The molecule has 2 N–H and O–H groups in total. The highest BCUT2D eigenvalue weighted by Crippen LogP contribution is 2.03. The van der Waals surface area contributed by atoms with Crippen molar-refractivity contribution >= 4 is 0 Å². The largest absolute Gasteiger partial charge is 0.378 e. The van der Waals surface area contributed by atoms with Gasteiger partial charge in [0.05, 0.1) is 12.7 Å². The van der Waals surface area contributed by atoms with Crippen molar-refractivity contribution in [1.82, 2.24) is 0 Å². The van der Waals surface area contributed by atoms with E-state index >= 15 is 0 Å². The molecule has 3 heteroatoms. The van der Waals surface area contributed by atoms with E-state index in [2.05, 4.69) is 6.92 Å². The minimum absolute atomic E-state index is 0.331. The summed E-state index contributed by atoms with van der Waals surface area (Å²) in [5, 5.41) is 8.61. The summed E-state index contributed by atoms with van der Waals surface area (Å²) in [6.45, 7) is 4.93. The maximum Gasteiger partial charge on any atom is 0.124 e. The molecule has 0 aliphatic rings. The van der Waals surface area contributed by atoms with Crippen LogP contribution >= 0.6 is 0 Å². The zero-order valence-corrected chi connectivity index (χ0v) is 9.38. The molecule has 0 aromatic heterocycles. The highest BCUT2D eigenvalue weighted by atomic mass is 16.5. The molecule has 14 heavy (non-hydrogen) atoms. The van der Waals surface area contributed by atoms with Crippen molar-refractivity contribution < 1.29 is 4.74 Å². The van der Waals surface area contributed by atoms with Crippen LogP contribution in [0.1, 0.15) is 46.0 Å². The van der Waals surface area contributed by atoms with E-state index in [4.69, 9.17) is 15.7 Å². The SMILES string of the molecule is CCCCCCCOCC(C)(N)C#N. The quantitative estimate of drug-likeness (QED) is 0.608. The van der Waals surface area contributed by atoms with Gasteiger partial charge in [0.15, 0.2) is 0 Å². The maximum atomic E-state index is 8.61. The minimum Gasteiger partial charge on any atom is -0.378 e. The lowest BCUT2D eigenvalue weighted by molar-refractivity contribution is 0.104. The molecule has 82 valence electrons. The first-order chi connectivity index (χ1) is 6.62. The third-order valence-corrected chi connectivity index (χ3v) is 2.05. The first-order valence-electron chi connectivity index (χ1n) is 5.40. The summed E-state index contributed by atoms with van der Waals surface area (Å²) in [6.07, 6.45) is 6.12. The molecule has 0 fully saturated rings. The molecule has 0 saturated heterocycles. The van der Waals surface area contributed by atoms with Gasteiger partial charge in [-0.15, -0.1) is 0 Å². The molecule has 3 nitrogen and oxygen atoms in total. The Morgan fingerprint density at radius 2 is 1.93 bits per heavy atom. The van der Waals surface area contributed by atoms with Gasteiger partial charge in [-0.3, -0.25) is 0 Å². The molecular weight excluding hydrogens is 176 g/mol. The van der Waals surface area contributed by atoms with E-state index in [0.717, 1.165) is 13.0 Å². The molecule has 0 spiro atoms. The highest BCUT2D eigenvalue weighted by molar-refractivity contribution is 5.00. The average molecular weight is 198 g/mol. The van der Waals surface area contributed by atoms with Crippen LogP contribution in [0, 0.1) is 11.3 Å². The van der Waals surface area contributed by atoms with Crippen molar-refractivity contribution in [1.29, 1.82) is 5.26 Å². The summed E-state index contributed by atoms with van der Waals surface area (Å²) in [7, 11) is 0. The number of ether oxygens (including phenoxy) is 1. The van der Waals surface area contributed by atoms with E-state index in [1.807, 2.05) is 6.07 Å². The average Bonchev–Trinajstić information content (AvgIpc) is 2.16. The summed E-state index contributed by atoms with van der Waals surface area (Å²) in [4.78, 5) is 0. The molecule has 0 rings (SSSR count). The standard InChI is InChI=1S/C11H22N2O/c1-3-4-5-6-7-8-14-10-11(2,13)9-12/h3-8,10,13H2,1-2H3. The van der Waals surface area contributed by atoms with Gasteiger partial charge in [0, 0.05) is 6.61 Å². The Labute approximate surface area is 87.2 Å². The first-order valence-corrected chi connectivity index (χ1v) is 5.40. The molecule has 0 aliphatic heterocycles. The fraction of sp³-hybridized carbons (Fsp3) is 0.909. The van der Waals surface area contributed by atoms with Crippen LogP contribution in [0.15, 0.2) is 0 Å². The van der Waals surface area contributed by atoms with E-state index in [1.54, 1.807) is 6.92 Å². The van der Waals surface area contributed by atoms with Crippen molar-refractivity contribution in [3.8, 4) is 6.07 Å². The number of nitrogens with zero attached hydrogens (tertiary/aromatic N) is 1. The summed E-state index contributed by atoms with van der Waals surface area (Å²) in [6, 6.07) is 2.01. The van der Waals surface area contributed by atoms with Gasteiger partial charge in [-0.05, 0) is 13.3 Å². The Balaban J connectivity index is 3.18. The lowest BCUT2D eigenvalue weighted by Gasteiger charge is -2.14. The Bertz CT molecular complexity index is 173. The predicted molar refractivity (Wildman–Crippen MR) is 57.8 cm³/mol. The molecule has 0 amide bonds. The molecule has 0 bridgehead atoms. The lowest BCUT2D eigenvalue weighted by Crippen LogP contribution is -2.39. The van der Waals surface area contributed by atoms with Gasteiger partial charge in [-0.2, -0.15) is 5.26 Å². The lowest BCUT2D eigenvalue weighted by atomic mass is 10.1. The maximum absolute atomic E-state index is 8.61. The van der Waals surface area contributed by atoms with Gasteiger partial charge in [0.2, 0.25) is 0 Å². The number of nitrogens with two attached hydrogens (primary N) is 1. The van der Waals surface area contributed by atoms with E-state index in [9.17, 15) is 0 Å². The van der Waals surface area contributed by atoms with Gasteiger partial charge in [0.1, 0.15) is 5.54 Å². The van der Waals surface area contributed by atoms with Crippen LogP contribution in [0.2, 0.25) is 0 Å². The third kappa shape index (κ3) is 8.03. The fourth-order valence-corrected chi connectivity index (χ4v) is 1.12. The molecule has 0 aromatic carbocycles. The Hall–Kier alpha value is -0.590. The Kier molecular flexibility index (Phi) is 7.45. The van der Waals surface area contributed by atoms with Crippen molar-refractivity contribution in [2.45, 2.75) is 51.5 Å². The van der Waals surface area contributed by atoms with Crippen molar-refractivity contribution in [3.05, 3.63) is 0 Å². The molecule has 0 aromatic rings. The van der Waals surface area contributed by atoms with Gasteiger partial charge in [-0.1, -0.05) is 32.6 Å². The van der Waals surface area contributed by atoms with Crippen molar-refractivity contribution in [2.75, 3.05) is 13.2 Å². The van der Waals surface area contributed by atoms with Crippen LogP contribution < -0.4 is 5.73 Å². The summed E-state index contributed by atoms with van der Waals surface area (Å²) in [5.74, 6) is 0. The molecule has 1 unspecified atom stereocenters. The molecule has 0 saturated carbocycles. The van der Waals surface area contributed by atoms with Crippen LogP contribution in [-0.2, 0) is 4.74 Å². The second kappa shape index (κ2) is 7.78. The highest BCUT2D eigenvalue weighted by Gasteiger charge is 2.16. The van der Waals surface area contributed by atoms with E-state index in [-0.39, 0.29) is 0 Å². The topological polar surface area (TPSA) is 59.0 Å². The van der Waals surface area contributed by atoms with Gasteiger partial charge in [-0.25, -0.2) is 0 Å². The van der Waals surface area contributed by atoms with Crippen LogP contribution in [0.4, 0.5) is 0 Å². The number of nitriles is 1. The predicted octanol–water partition coefficient (Wildman–Crippen LogP) is 2.21. The molecule has 0 radical (unpaired) electrons. The van der Waals surface area contributed by atoms with Crippen LogP contribution in [0.3, 0.4) is 0 Å². The van der Waals surface area contributed by atoms with E-state index < -0.39 is 5.54 Å². The van der Waals surface area contributed by atoms with E-state index in [1.165, 1.54) is 25.7 Å². The second-order valence-corrected chi connectivity index (χ2v) is 4.00. The summed E-state index contributed by atoms with van der Waals surface area (Å²) < 4.78 is 5.32. The van der Waals surface area contributed by atoms with Crippen molar-refractivity contribution in [3.63, 3.8) is 0 Å². The second-order valence-electron chi connectivity index (χ2n) is 4.00. The Morgan fingerprint density at radius 1 is 1.29 bits per heavy atom. The van der Waals surface area contributed by atoms with Crippen LogP contribution in [0.5, 0.6) is 0 Å². The zero-order chi connectivity index (χ0) is 10.9. The molecular formula is C11H22N2O. The number of hydrogen-bond acceptors (Lipinski definition) is 3. The minimum atomic E-state index is -0.830. The number of unbranched alkanes of at least 4 members (excludes halogenated alkanes) is 4. The third-order valence-electron chi connectivity index (χ3n) is 2.05. The fourth-order valence-electron chi connectivity index (χ4n) is 1.12. The van der Waals surface area contributed by atoms with Gasteiger partial charge in [0.25, 0.3) is 0 Å².